The lowest BCUT2D eigenvalue weighted by Gasteiger charge is -2.35. The summed E-state index contributed by atoms with van der Waals surface area (Å²) in [4.78, 5) is 26.1. The fourth-order valence-electron chi connectivity index (χ4n) is 3.20. The second kappa shape index (κ2) is 19.1. The number of carbonyl (C=O) groups is 2. The van der Waals surface area contributed by atoms with Crippen molar-refractivity contribution in [3.05, 3.63) is 70.9 Å². The van der Waals surface area contributed by atoms with Gasteiger partial charge in [-0.2, -0.15) is 0 Å². The van der Waals surface area contributed by atoms with Gasteiger partial charge >= 0.3 is 12.1 Å². The molecule has 1 aliphatic heterocycles. The average molecular weight is 547 g/mol. The van der Waals surface area contributed by atoms with E-state index in [1.54, 1.807) is 24.0 Å². The maximum atomic E-state index is 12.3. The summed E-state index contributed by atoms with van der Waals surface area (Å²) < 4.78 is 5.53. The van der Waals surface area contributed by atoms with Crippen LogP contribution in [0, 0.1) is 5.41 Å². The second-order valence-corrected chi connectivity index (χ2v) is 9.78. The zero-order valence-corrected chi connectivity index (χ0v) is 25.0. The SMILES string of the molecule is C=C/C(=C\C=C(/C)Cl)NC(=O)NC1CCCN(C(=O)OC(C)(C)CC)C1.CC.CCc1ccc(C=N)cc1. The van der Waals surface area contributed by atoms with Crippen molar-refractivity contribution in [2.75, 3.05) is 13.1 Å². The van der Waals surface area contributed by atoms with E-state index < -0.39 is 5.60 Å². The molecule has 0 radical (unpaired) electrons. The second-order valence-electron chi connectivity index (χ2n) is 9.18. The zero-order valence-electron chi connectivity index (χ0n) is 24.2. The van der Waals surface area contributed by atoms with Crippen molar-refractivity contribution in [2.24, 2.45) is 0 Å². The Bertz CT molecular complexity index is 935. The average Bonchev–Trinajstić information content (AvgIpc) is 2.92. The van der Waals surface area contributed by atoms with Crippen molar-refractivity contribution in [3.8, 4) is 0 Å². The number of aryl methyl sites for hydroxylation is 1. The smallest absolute Gasteiger partial charge is 0.410 e. The van der Waals surface area contributed by atoms with E-state index in [0.29, 0.717) is 23.8 Å². The minimum Gasteiger partial charge on any atom is -0.443 e. The third-order valence-corrected chi connectivity index (χ3v) is 5.88. The number of benzene rings is 1. The lowest BCUT2D eigenvalue weighted by Crippen LogP contribution is -2.52. The number of allylic oxidation sites excluding steroid dienone is 4. The Morgan fingerprint density at radius 1 is 1.21 bits per heavy atom. The van der Waals surface area contributed by atoms with Gasteiger partial charge in [0, 0.05) is 36.1 Å². The number of rotatable bonds is 8. The zero-order chi connectivity index (χ0) is 29.1. The van der Waals surface area contributed by atoms with E-state index in [1.165, 1.54) is 17.9 Å². The van der Waals surface area contributed by atoms with Crippen LogP contribution in [0.4, 0.5) is 9.59 Å². The summed E-state index contributed by atoms with van der Waals surface area (Å²) in [5.74, 6) is 0. The van der Waals surface area contributed by atoms with Gasteiger partial charge < -0.3 is 25.7 Å². The third kappa shape index (κ3) is 14.6. The molecule has 8 heteroatoms. The molecule has 0 aliphatic carbocycles. The maximum absolute atomic E-state index is 12.3. The molecular weight excluding hydrogens is 500 g/mol. The predicted octanol–water partition coefficient (Wildman–Crippen LogP) is 7.56. The summed E-state index contributed by atoms with van der Waals surface area (Å²) >= 11 is 5.78. The molecule has 0 aromatic heterocycles. The lowest BCUT2D eigenvalue weighted by molar-refractivity contribution is 0.00633. The van der Waals surface area contributed by atoms with Crippen LogP contribution in [0.2, 0.25) is 0 Å². The van der Waals surface area contributed by atoms with Crippen molar-refractivity contribution < 1.29 is 14.3 Å². The van der Waals surface area contributed by atoms with Crippen LogP contribution in [0.5, 0.6) is 0 Å². The van der Waals surface area contributed by atoms with Gasteiger partial charge in [0.15, 0.2) is 0 Å². The molecule has 1 heterocycles. The molecule has 0 bridgehead atoms. The summed E-state index contributed by atoms with van der Waals surface area (Å²) in [6.07, 6.45) is 9.33. The van der Waals surface area contributed by atoms with E-state index in [9.17, 15) is 9.59 Å². The van der Waals surface area contributed by atoms with Crippen molar-refractivity contribution in [1.29, 1.82) is 5.41 Å². The normalized spacial score (nSPS) is 15.6. The van der Waals surface area contributed by atoms with E-state index >= 15 is 0 Å². The molecule has 1 saturated heterocycles. The molecule has 1 fully saturated rings. The molecule has 1 atom stereocenters. The van der Waals surface area contributed by atoms with Gasteiger partial charge in [0.1, 0.15) is 5.60 Å². The largest absolute Gasteiger partial charge is 0.443 e. The van der Waals surface area contributed by atoms with Crippen molar-refractivity contribution in [3.63, 3.8) is 0 Å². The number of hydrogen-bond donors (Lipinski definition) is 3. The Morgan fingerprint density at radius 2 is 1.84 bits per heavy atom. The number of ether oxygens (including phenoxy) is 1. The van der Waals surface area contributed by atoms with Crippen LogP contribution in [0.15, 0.2) is 59.8 Å². The number of nitrogens with one attached hydrogen (secondary N) is 3. The first-order valence-electron chi connectivity index (χ1n) is 13.3. The quantitative estimate of drug-likeness (QED) is 0.232. The molecule has 0 spiro atoms. The van der Waals surface area contributed by atoms with Crippen LogP contribution in [0.1, 0.15) is 78.9 Å². The lowest BCUT2D eigenvalue weighted by atomic mass is 10.1. The number of likely N-dealkylation sites (tertiary alicyclic amines) is 1. The van der Waals surface area contributed by atoms with Gasteiger partial charge in [-0.3, -0.25) is 0 Å². The van der Waals surface area contributed by atoms with E-state index in [1.807, 2.05) is 46.8 Å². The van der Waals surface area contributed by atoms with E-state index in [-0.39, 0.29) is 18.2 Å². The van der Waals surface area contributed by atoms with Crippen LogP contribution in [0.25, 0.3) is 0 Å². The van der Waals surface area contributed by atoms with Gasteiger partial charge in [0.25, 0.3) is 0 Å². The number of carbonyl (C=O) groups excluding carboxylic acids is 2. The highest BCUT2D eigenvalue weighted by atomic mass is 35.5. The Balaban J connectivity index is 0.000000944. The first-order chi connectivity index (χ1) is 18.0. The van der Waals surface area contributed by atoms with Crippen LogP contribution >= 0.6 is 11.6 Å². The molecule has 0 saturated carbocycles. The Kier molecular flexibility index (Phi) is 17.5. The monoisotopic (exact) mass is 546 g/mol. The van der Waals surface area contributed by atoms with Crippen LogP contribution in [-0.2, 0) is 11.2 Å². The van der Waals surface area contributed by atoms with Crippen molar-refractivity contribution >= 4 is 29.9 Å². The fourth-order valence-corrected chi connectivity index (χ4v) is 3.26. The molecule has 1 aromatic carbocycles. The molecule has 212 valence electrons. The minimum absolute atomic E-state index is 0.127. The molecule has 1 unspecified atom stereocenters. The number of urea groups is 1. The van der Waals surface area contributed by atoms with Gasteiger partial charge in [-0.15, -0.1) is 0 Å². The van der Waals surface area contributed by atoms with Gasteiger partial charge in [-0.1, -0.05) is 70.1 Å². The van der Waals surface area contributed by atoms with Gasteiger partial charge in [-0.05, 0) is 75.8 Å². The molecule has 3 N–H and O–H groups in total. The summed E-state index contributed by atoms with van der Waals surface area (Å²) in [5, 5.41) is 13.2. The Labute approximate surface area is 234 Å². The van der Waals surface area contributed by atoms with E-state index in [4.69, 9.17) is 21.7 Å². The molecule has 3 amide bonds. The molecule has 1 aromatic rings. The molecular formula is C30H47ClN4O3. The maximum Gasteiger partial charge on any atom is 0.410 e. The molecule has 38 heavy (non-hydrogen) atoms. The minimum atomic E-state index is -0.493. The molecule has 2 rings (SSSR count). The summed E-state index contributed by atoms with van der Waals surface area (Å²) in [7, 11) is 0. The van der Waals surface area contributed by atoms with Crippen LogP contribution in [0.3, 0.4) is 0 Å². The van der Waals surface area contributed by atoms with E-state index in [2.05, 4.69) is 36.3 Å². The predicted molar refractivity (Wildman–Crippen MR) is 160 cm³/mol. The summed E-state index contributed by atoms with van der Waals surface area (Å²) in [5.41, 5.74) is 2.34. The van der Waals surface area contributed by atoms with Crippen LogP contribution < -0.4 is 10.6 Å². The Hall–Kier alpha value is -3.06. The number of hydrogen-bond acceptors (Lipinski definition) is 4. The number of piperidine rings is 1. The van der Waals surface area contributed by atoms with E-state index in [0.717, 1.165) is 31.2 Å². The number of nitrogens with zero attached hydrogens (tertiary/aromatic N) is 1. The number of halogens is 1. The third-order valence-electron chi connectivity index (χ3n) is 5.75. The summed E-state index contributed by atoms with van der Waals surface area (Å²) in [6.45, 7) is 18.3. The Morgan fingerprint density at radius 3 is 2.34 bits per heavy atom. The van der Waals surface area contributed by atoms with Crippen molar-refractivity contribution in [2.45, 2.75) is 85.8 Å². The molecule has 7 nitrogen and oxygen atoms in total. The standard InChI is InChI=1S/C19H30ClN3O3.C9H11N.C2H6/c1-6-15(11-10-14(3)20)21-17(24)22-16-9-8-12-23(13-16)18(25)26-19(4,5)7-2;1-2-8-3-5-9(7-10)6-4-8;1-2/h6,10-11,16H,1,7-9,12-13H2,2-5H3,(H2,21,22,24);3-7,10H,2H2,1H3;1-2H3/b14-10+,15-11+;;. The number of amides is 3. The van der Waals surface area contributed by atoms with Crippen LogP contribution in [-0.4, -0.2) is 48.0 Å². The van der Waals surface area contributed by atoms with Gasteiger partial charge in [-0.25, -0.2) is 9.59 Å². The van der Waals surface area contributed by atoms with Gasteiger partial charge in [0.05, 0.1) is 0 Å². The first kappa shape index (κ1) is 34.9. The topological polar surface area (TPSA) is 94.5 Å². The molecule has 1 aliphatic rings. The summed E-state index contributed by atoms with van der Waals surface area (Å²) in [6, 6.07) is 7.57. The highest BCUT2D eigenvalue weighted by Crippen LogP contribution is 2.18. The highest BCUT2D eigenvalue weighted by molar-refractivity contribution is 6.29. The highest BCUT2D eigenvalue weighted by Gasteiger charge is 2.29. The van der Waals surface area contributed by atoms with Crippen molar-refractivity contribution in [1.82, 2.24) is 15.5 Å². The first-order valence-corrected chi connectivity index (χ1v) is 13.7. The van der Waals surface area contributed by atoms with Gasteiger partial charge in [0.2, 0.25) is 0 Å². The fraction of sp³-hybridized carbons (Fsp3) is 0.500.